The van der Waals surface area contributed by atoms with Crippen molar-refractivity contribution in [1.82, 2.24) is 15.0 Å². The number of anilines is 1. The first-order chi connectivity index (χ1) is 9.02. The summed E-state index contributed by atoms with van der Waals surface area (Å²) in [4.78, 5) is 23.4. The highest BCUT2D eigenvalue weighted by Gasteiger charge is 2.05. The van der Waals surface area contributed by atoms with Crippen molar-refractivity contribution in [2.24, 2.45) is 0 Å². The van der Waals surface area contributed by atoms with E-state index in [4.69, 9.17) is 23.2 Å². The van der Waals surface area contributed by atoms with Crippen molar-refractivity contribution in [3.05, 3.63) is 34.8 Å². The Labute approximate surface area is 123 Å². The number of rotatable bonds is 3. The lowest BCUT2D eigenvalue weighted by Gasteiger charge is -2.04. The average Bonchev–Trinajstić information content (AvgIpc) is 2.29. The molecule has 0 aliphatic carbocycles. The molecule has 19 heavy (non-hydrogen) atoms. The zero-order chi connectivity index (χ0) is 13.8. The van der Waals surface area contributed by atoms with Gasteiger partial charge in [0.05, 0.1) is 0 Å². The van der Waals surface area contributed by atoms with Crippen molar-refractivity contribution >= 4 is 46.6 Å². The molecular weight excluding hydrogens is 307 g/mol. The Bertz CT molecular complexity index is 586. The summed E-state index contributed by atoms with van der Waals surface area (Å²) in [6, 6.07) is 7.24. The molecule has 5 nitrogen and oxygen atoms in total. The fourth-order valence-electron chi connectivity index (χ4n) is 1.27. The van der Waals surface area contributed by atoms with Gasteiger partial charge >= 0.3 is 0 Å². The van der Waals surface area contributed by atoms with Crippen LogP contribution in [-0.2, 0) is 4.79 Å². The Morgan fingerprint density at radius 3 is 2.21 bits per heavy atom. The van der Waals surface area contributed by atoms with Crippen LogP contribution < -0.4 is 5.32 Å². The highest BCUT2D eigenvalue weighted by molar-refractivity contribution is 7.99. The molecule has 2 aromatic rings. The number of hydrogen-bond donors (Lipinski definition) is 1. The summed E-state index contributed by atoms with van der Waals surface area (Å²) < 4.78 is 0. The number of hydrogen-bond acceptors (Lipinski definition) is 5. The van der Waals surface area contributed by atoms with Crippen LogP contribution in [0, 0.1) is 0 Å². The maximum Gasteiger partial charge on any atom is 0.227 e. The smallest absolute Gasteiger partial charge is 0.227 e. The Hall–Kier alpha value is -1.37. The molecule has 0 saturated carbocycles. The van der Waals surface area contributed by atoms with E-state index in [1.54, 1.807) is 12.1 Å². The van der Waals surface area contributed by atoms with Gasteiger partial charge in [0.25, 0.3) is 0 Å². The quantitative estimate of drug-likeness (QED) is 0.941. The predicted molar refractivity (Wildman–Crippen MR) is 74.7 cm³/mol. The van der Waals surface area contributed by atoms with E-state index < -0.39 is 0 Å². The molecule has 0 aliphatic rings. The monoisotopic (exact) mass is 314 g/mol. The highest BCUT2D eigenvalue weighted by Crippen LogP contribution is 2.27. The first-order valence-electron chi connectivity index (χ1n) is 5.15. The molecule has 0 bridgehead atoms. The average molecular weight is 315 g/mol. The van der Waals surface area contributed by atoms with Crippen molar-refractivity contribution in [1.29, 1.82) is 0 Å². The first-order valence-corrected chi connectivity index (χ1v) is 6.73. The van der Waals surface area contributed by atoms with Crippen LogP contribution in [0.4, 0.5) is 5.69 Å². The number of carbonyl (C=O) groups is 1. The zero-order valence-electron chi connectivity index (χ0n) is 9.72. The number of benzene rings is 1. The SMILES string of the molecule is CC(=O)Nc1ccc(Sc2nc(Cl)nc(Cl)n2)cc1. The zero-order valence-corrected chi connectivity index (χ0v) is 12.1. The van der Waals surface area contributed by atoms with Gasteiger partial charge in [-0.2, -0.15) is 15.0 Å². The maximum atomic E-state index is 10.9. The van der Waals surface area contributed by atoms with Crippen LogP contribution in [0.5, 0.6) is 0 Å². The van der Waals surface area contributed by atoms with Gasteiger partial charge in [0.2, 0.25) is 16.5 Å². The lowest BCUT2D eigenvalue weighted by atomic mass is 10.3. The molecule has 2 rings (SSSR count). The van der Waals surface area contributed by atoms with Crippen LogP contribution >= 0.6 is 35.0 Å². The number of nitrogens with zero attached hydrogens (tertiary/aromatic N) is 3. The predicted octanol–water partition coefficient (Wildman–Crippen LogP) is 3.29. The Kier molecular flexibility index (Phi) is 4.57. The Morgan fingerprint density at radius 1 is 1.11 bits per heavy atom. The molecule has 1 aromatic carbocycles. The number of carbonyl (C=O) groups excluding carboxylic acids is 1. The minimum Gasteiger partial charge on any atom is -0.326 e. The summed E-state index contributed by atoms with van der Waals surface area (Å²) in [5, 5.41) is 3.20. The van der Waals surface area contributed by atoms with Gasteiger partial charge in [-0.25, -0.2) is 0 Å². The molecular formula is C11H8Cl2N4OS. The topological polar surface area (TPSA) is 67.8 Å². The van der Waals surface area contributed by atoms with Gasteiger partial charge in [0.1, 0.15) is 0 Å². The molecule has 1 aromatic heterocycles. The maximum absolute atomic E-state index is 10.9. The summed E-state index contributed by atoms with van der Waals surface area (Å²) >= 11 is 12.7. The molecule has 0 unspecified atom stereocenters. The van der Waals surface area contributed by atoms with Crippen LogP contribution in [0.3, 0.4) is 0 Å². The van der Waals surface area contributed by atoms with Crippen molar-refractivity contribution in [3.8, 4) is 0 Å². The van der Waals surface area contributed by atoms with Gasteiger partial charge in [0, 0.05) is 17.5 Å². The minimum atomic E-state index is -0.114. The van der Waals surface area contributed by atoms with Gasteiger partial charge in [-0.15, -0.1) is 0 Å². The standard InChI is InChI=1S/C11H8Cl2N4OS/c1-6(18)14-7-2-4-8(5-3-7)19-11-16-9(12)15-10(13)17-11/h2-5H,1H3,(H,14,18). The summed E-state index contributed by atoms with van der Waals surface area (Å²) in [7, 11) is 0. The second kappa shape index (κ2) is 6.18. The second-order valence-corrected chi connectivity index (χ2v) is 5.18. The molecule has 0 spiro atoms. The number of amides is 1. The second-order valence-electron chi connectivity index (χ2n) is 3.46. The molecule has 0 atom stereocenters. The van der Waals surface area contributed by atoms with E-state index in [1.807, 2.05) is 12.1 Å². The van der Waals surface area contributed by atoms with Crippen molar-refractivity contribution in [3.63, 3.8) is 0 Å². The van der Waals surface area contributed by atoms with Crippen molar-refractivity contribution in [2.75, 3.05) is 5.32 Å². The third kappa shape index (κ3) is 4.34. The fourth-order valence-corrected chi connectivity index (χ4v) is 2.48. The fraction of sp³-hybridized carbons (Fsp3) is 0.0909. The van der Waals surface area contributed by atoms with E-state index >= 15 is 0 Å². The van der Waals surface area contributed by atoms with Crippen LogP contribution in [0.1, 0.15) is 6.92 Å². The van der Waals surface area contributed by atoms with Gasteiger partial charge in [-0.1, -0.05) is 0 Å². The molecule has 0 aliphatic heterocycles. The van der Waals surface area contributed by atoms with E-state index in [2.05, 4.69) is 20.3 Å². The Balaban J connectivity index is 2.12. The molecule has 98 valence electrons. The third-order valence-electron chi connectivity index (χ3n) is 1.94. The summed E-state index contributed by atoms with van der Waals surface area (Å²) in [5.74, 6) is -0.114. The number of aromatic nitrogens is 3. The molecule has 1 N–H and O–H groups in total. The van der Waals surface area contributed by atoms with Crippen molar-refractivity contribution in [2.45, 2.75) is 17.0 Å². The van der Waals surface area contributed by atoms with Gasteiger partial charge < -0.3 is 5.32 Å². The lowest BCUT2D eigenvalue weighted by molar-refractivity contribution is -0.114. The van der Waals surface area contributed by atoms with Crippen molar-refractivity contribution < 1.29 is 4.79 Å². The molecule has 1 amide bonds. The van der Waals surface area contributed by atoms with E-state index in [9.17, 15) is 4.79 Å². The summed E-state index contributed by atoms with van der Waals surface area (Å²) in [6.45, 7) is 1.46. The summed E-state index contributed by atoms with van der Waals surface area (Å²) in [5.41, 5.74) is 0.726. The van der Waals surface area contributed by atoms with E-state index in [1.165, 1.54) is 18.7 Å². The minimum absolute atomic E-state index is 0.0531. The van der Waals surface area contributed by atoms with Crippen LogP contribution in [0.25, 0.3) is 0 Å². The third-order valence-corrected chi connectivity index (χ3v) is 3.16. The molecule has 1 heterocycles. The number of nitrogens with one attached hydrogen (secondary N) is 1. The van der Waals surface area contributed by atoms with Crippen LogP contribution in [0.2, 0.25) is 10.6 Å². The van der Waals surface area contributed by atoms with Crippen LogP contribution in [-0.4, -0.2) is 20.9 Å². The van der Waals surface area contributed by atoms with Gasteiger partial charge in [0.15, 0.2) is 5.16 Å². The van der Waals surface area contributed by atoms with E-state index in [0.717, 1.165) is 10.6 Å². The van der Waals surface area contributed by atoms with E-state index in [0.29, 0.717) is 5.16 Å². The molecule has 0 fully saturated rings. The van der Waals surface area contributed by atoms with E-state index in [-0.39, 0.29) is 16.5 Å². The Morgan fingerprint density at radius 2 is 1.68 bits per heavy atom. The normalized spacial score (nSPS) is 10.3. The highest BCUT2D eigenvalue weighted by atomic mass is 35.5. The first kappa shape index (κ1) is 14.0. The molecule has 0 radical (unpaired) electrons. The molecule has 8 heteroatoms. The van der Waals surface area contributed by atoms with Gasteiger partial charge in [-0.3, -0.25) is 4.79 Å². The molecule has 0 saturated heterocycles. The lowest BCUT2D eigenvalue weighted by Crippen LogP contribution is -2.05. The number of halogens is 2. The largest absolute Gasteiger partial charge is 0.326 e. The van der Waals surface area contributed by atoms with Crippen LogP contribution in [0.15, 0.2) is 34.3 Å². The van der Waals surface area contributed by atoms with Gasteiger partial charge in [-0.05, 0) is 59.2 Å². The summed E-state index contributed by atoms with van der Waals surface area (Å²) in [6.07, 6.45) is 0.